The average Bonchev–Trinajstić information content (AvgIpc) is 3.15. The molecule has 1 aliphatic carbocycles. The number of thioether (sulfide) groups is 1. The molecule has 5 rings (SSSR count). The maximum Gasteiger partial charge on any atom is 0.230 e. The molecule has 1 aliphatic rings. The smallest absolute Gasteiger partial charge is 0.230 e. The van der Waals surface area contributed by atoms with Gasteiger partial charge in [0.1, 0.15) is 11.6 Å². The number of amides is 1. The largest absolute Gasteiger partial charge is 0.467 e. The van der Waals surface area contributed by atoms with Crippen molar-refractivity contribution in [3.8, 4) is 0 Å². The van der Waals surface area contributed by atoms with Crippen LogP contribution in [0, 0.1) is 0 Å². The Kier molecular flexibility index (Phi) is 5.61. The molecule has 158 valence electrons. The Morgan fingerprint density at radius 3 is 2.77 bits per heavy atom. The molecule has 3 aromatic heterocycles. The molecule has 1 fully saturated rings. The summed E-state index contributed by atoms with van der Waals surface area (Å²) >= 11 is 3.07. The third-order valence-corrected chi connectivity index (χ3v) is 6.87. The van der Waals surface area contributed by atoms with Crippen LogP contribution in [0.5, 0.6) is 0 Å². The molecule has 0 radical (unpaired) electrons. The Labute approximate surface area is 188 Å². The van der Waals surface area contributed by atoms with Gasteiger partial charge in [-0.1, -0.05) is 30.0 Å². The summed E-state index contributed by atoms with van der Waals surface area (Å²) in [5, 5.41) is 12.4. The van der Waals surface area contributed by atoms with Gasteiger partial charge in [0, 0.05) is 24.0 Å². The van der Waals surface area contributed by atoms with E-state index in [2.05, 4.69) is 14.8 Å². The van der Waals surface area contributed by atoms with Crippen LogP contribution in [0.25, 0.3) is 0 Å². The summed E-state index contributed by atoms with van der Waals surface area (Å²) in [6, 6.07) is 13.4. The number of nitrogens with zero attached hydrogens (tertiary/aromatic N) is 5. The summed E-state index contributed by atoms with van der Waals surface area (Å²) in [5.41, 5.74) is 1.73. The summed E-state index contributed by atoms with van der Waals surface area (Å²) in [5.74, 6) is 3.01. The van der Waals surface area contributed by atoms with Crippen molar-refractivity contribution in [3.63, 3.8) is 0 Å². The molecule has 3 heterocycles. The van der Waals surface area contributed by atoms with E-state index in [1.165, 1.54) is 11.3 Å². The van der Waals surface area contributed by atoms with Crippen LogP contribution >= 0.6 is 23.1 Å². The molecule has 0 saturated heterocycles. The monoisotopic (exact) mass is 451 g/mol. The maximum atomic E-state index is 12.3. The molecule has 31 heavy (non-hydrogen) atoms. The Hall–Kier alpha value is -2.91. The first-order valence-corrected chi connectivity index (χ1v) is 11.9. The zero-order valence-electron chi connectivity index (χ0n) is 17.0. The van der Waals surface area contributed by atoms with Crippen LogP contribution in [0.4, 0.5) is 10.8 Å². The molecule has 7 nitrogen and oxygen atoms in total. The van der Waals surface area contributed by atoms with Crippen LogP contribution in [0.1, 0.15) is 43.0 Å². The van der Waals surface area contributed by atoms with Gasteiger partial charge in [0.15, 0.2) is 10.3 Å². The van der Waals surface area contributed by atoms with Crippen molar-refractivity contribution < 1.29 is 9.21 Å². The first kappa shape index (κ1) is 20.0. The molecule has 0 atom stereocenters. The number of furan rings is 1. The number of carbonyl (C=O) groups is 1. The van der Waals surface area contributed by atoms with Gasteiger partial charge < -0.3 is 4.42 Å². The van der Waals surface area contributed by atoms with Gasteiger partial charge in [0.05, 0.1) is 24.2 Å². The van der Waals surface area contributed by atoms with E-state index in [9.17, 15) is 4.79 Å². The van der Waals surface area contributed by atoms with Gasteiger partial charge in [-0.25, -0.2) is 4.98 Å². The number of rotatable bonds is 8. The molecule has 0 bridgehead atoms. The van der Waals surface area contributed by atoms with E-state index in [0.717, 1.165) is 41.0 Å². The Balaban J connectivity index is 1.33. The summed E-state index contributed by atoms with van der Waals surface area (Å²) in [6.07, 6.45) is 4.02. The second-order valence-corrected chi connectivity index (χ2v) is 9.16. The lowest BCUT2D eigenvalue weighted by Crippen LogP contribution is -2.22. The number of benzene rings is 1. The van der Waals surface area contributed by atoms with Crippen LogP contribution in [0.3, 0.4) is 0 Å². The van der Waals surface area contributed by atoms with Gasteiger partial charge in [-0.3, -0.25) is 14.3 Å². The van der Waals surface area contributed by atoms with E-state index < -0.39 is 0 Å². The standard InChI is InChI=1S/C22H21N5O2S2/c1-15(28)27(18-6-3-2-4-7-18)21-23-17(13-30-21)14-31-22-25-24-20(16-9-10-16)26(22)12-19-8-5-11-29-19/h2-8,11,13,16H,9-10,12,14H2,1H3. The number of carbonyl (C=O) groups excluding carboxylic acids is 1. The topological polar surface area (TPSA) is 77.1 Å². The number of thiazole rings is 1. The minimum Gasteiger partial charge on any atom is -0.467 e. The lowest BCUT2D eigenvalue weighted by Gasteiger charge is -2.17. The van der Waals surface area contributed by atoms with Crippen LogP contribution < -0.4 is 4.90 Å². The van der Waals surface area contributed by atoms with Crippen LogP contribution in [0.2, 0.25) is 0 Å². The normalized spacial score (nSPS) is 13.5. The van der Waals surface area contributed by atoms with Crippen molar-refractivity contribution in [2.24, 2.45) is 0 Å². The summed E-state index contributed by atoms with van der Waals surface area (Å²) in [4.78, 5) is 18.6. The molecule has 9 heteroatoms. The maximum absolute atomic E-state index is 12.3. The summed E-state index contributed by atoms with van der Waals surface area (Å²) in [6.45, 7) is 2.18. The molecule has 4 aromatic rings. The minimum atomic E-state index is -0.0629. The number of anilines is 2. The zero-order valence-corrected chi connectivity index (χ0v) is 18.6. The molecule has 1 amide bonds. The van der Waals surface area contributed by atoms with E-state index in [1.807, 2.05) is 47.8 Å². The van der Waals surface area contributed by atoms with Crippen molar-refractivity contribution in [3.05, 3.63) is 71.4 Å². The van der Waals surface area contributed by atoms with Gasteiger partial charge in [-0.15, -0.1) is 21.5 Å². The van der Waals surface area contributed by atoms with Crippen molar-refractivity contribution in [1.82, 2.24) is 19.7 Å². The lowest BCUT2D eigenvalue weighted by molar-refractivity contribution is -0.115. The van der Waals surface area contributed by atoms with Crippen molar-refractivity contribution in [2.45, 2.75) is 43.1 Å². The molecule has 0 N–H and O–H groups in total. The lowest BCUT2D eigenvalue weighted by atomic mass is 10.3. The van der Waals surface area contributed by atoms with Crippen LogP contribution in [-0.4, -0.2) is 25.7 Å². The minimum absolute atomic E-state index is 0.0629. The van der Waals surface area contributed by atoms with E-state index >= 15 is 0 Å². The Bertz CT molecular complexity index is 1170. The highest BCUT2D eigenvalue weighted by molar-refractivity contribution is 7.98. The van der Waals surface area contributed by atoms with E-state index in [4.69, 9.17) is 9.40 Å². The van der Waals surface area contributed by atoms with E-state index in [-0.39, 0.29) is 5.91 Å². The number of hydrogen-bond acceptors (Lipinski definition) is 7. The fourth-order valence-electron chi connectivity index (χ4n) is 3.37. The van der Waals surface area contributed by atoms with E-state index in [0.29, 0.717) is 23.3 Å². The highest BCUT2D eigenvalue weighted by Crippen LogP contribution is 2.40. The first-order chi connectivity index (χ1) is 15.2. The number of aromatic nitrogens is 4. The number of hydrogen-bond donors (Lipinski definition) is 0. The zero-order chi connectivity index (χ0) is 21.2. The van der Waals surface area contributed by atoms with Gasteiger partial charge in [0.2, 0.25) is 5.91 Å². The fraction of sp³-hybridized carbons (Fsp3) is 0.273. The predicted octanol–water partition coefficient (Wildman–Crippen LogP) is 5.23. The highest BCUT2D eigenvalue weighted by Gasteiger charge is 2.30. The van der Waals surface area contributed by atoms with Gasteiger partial charge in [0.25, 0.3) is 0 Å². The van der Waals surface area contributed by atoms with Gasteiger partial charge in [-0.2, -0.15) is 0 Å². The second kappa shape index (κ2) is 8.68. The average molecular weight is 452 g/mol. The van der Waals surface area contributed by atoms with Crippen molar-refractivity contribution in [2.75, 3.05) is 4.90 Å². The molecule has 1 saturated carbocycles. The summed E-state index contributed by atoms with van der Waals surface area (Å²) < 4.78 is 7.69. The SMILES string of the molecule is CC(=O)N(c1ccccc1)c1nc(CSc2nnc(C3CC3)n2Cc2ccco2)cs1. The molecule has 0 spiro atoms. The third kappa shape index (κ3) is 4.42. The molecule has 0 unspecified atom stereocenters. The second-order valence-electron chi connectivity index (χ2n) is 7.38. The first-order valence-electron chi connectivity index (χ1n) is 10.1. The fourth-order valence-corrected chi connectivity index (χ4v) is 5.19. The molecule has 1 aromatic carbocycles. The van der Waals surface area contributed by atoms with Crippen molar-refractivity contribution >= 4 is 39.8 Å². The highest BCUT2D eigenvalue weighted by atomic mass is 32.2. The Morgan fingerprint density at radius 1 is 1.23 bits per heavy atom. The van der Waals surface area contributed by atoms with E-state index in [1.54, 1.807) is 29.8 Å². The van der Waals surface area contributed by atoms with Crippen LogP contribution in [-0.2, 0) is 17.1 Å². The predicted molar refractivity (Wildman–Crippen MR) is 121 cm³/mol. The summed E-state index contributed by atoms with van der Waals surface area (Å²) in [7, 11) is 0. The van der Waals surface area contributed by atoms with Gasteiger partial charge in [-0.05, 0) is 37.1 Å². The van der Waals surface area contributed by atoms with Crippen molar-refractivity contribution in [1.29, 1.82) is 0 Å². The number of para-hydroxylation sites is 1. The van der Waals surface area contributed by atoms with Gasteiger partial charge >= 0.3 is 0 Å². The molecular formula is C22H21N5O2S2. The third-order valence-electron chi connectivity index (χ3n) is 4.99. The Morgan fingerprint density at radius 2 is 2.06 bits per heavy atom. The molecule has 0 aliphatic heterocycles. The molecular weight excluding hydrogens is 430 g/mol. The quantitative estimate of drug-likeness (QED) is 0.341. The van der Waals surface area contributed by atoms with Crippen LogP contribution in [0.15, 0.2) is 63.7 Å².